The topological polar surface area (TPSA) is 56.8 Å². The van der Waals surface area contributed by atoms with Crippen molar-refractivity contribution in [3.05, 3.63) is 18.2 Å². The molecule has 0 aliphatic carbocycles. The van der Waals surface area contributed by atoms with Gasteiger partial charge in [-0.3, -0.25) is 4.79 Å². The summed E-state index contributed by atoms with van der Waals surface area (Å²) in [5, 5.41) is 3.30. The molecule has 1 aromatic carbocycles. The lowest BCUT2D eigenvalue weighted by molar-refractivity contribution is -0.145. The first-order valence-electron chi connectivity index (χ1n) is 7.27. The van der Waals surface area contributed by atoms with Crippen LogP contribution in [0.5, 0.6) is 11.5 Å². The third kappa shape index (κ3) is 4.85. The van der Waals surface area contributed by atoms with Gasteiger partial charge in [0.05, 0.1) is 31.9 Å². The highest BCUT2D eigenvalue weighted by Crippen LogP contribution is 2.30. The Hall–Kier alpha value is -1.91. The Morgan fingerprint density at radius 3 is 2.43 bits per heavy atom. The van der Waals surface area contributed by atoms with Crippen LogP contribution in [0.4, 0.5) is 5.69 Å². The number of rotatable bonds is 8. The van der Waals surface area contributed by atoms with Crippen LogP contribution in [0, 0.1) is 5.92 Å². The zero-order chi connectivity index (χ0) is 15.8. The lowest BCUT2D eigenvalue weighted by Gasteiger charge is -2.22. The highest BCUT2D eigenvalue weighted by molar-refractivity contribution is 5.73. The Morgan fingerprint density at radius 1 is 1.19 bits per heavy atom. The molecule has 2 unspecified atom stereocenters. The van der Waals surface area contributed by atoms with Crippen molar-refractivity contribution in [2.24, 2.45) is 5.92 Å². The number of ether oxygens (including phenoxy) is 3. The maximum absolute atomic E-state index is 11.6. The minimum Gasteiger partial charge on any atom is -0.494 e. The summed E-state index contributed by atoms with van der Waals surface area (Å²) >= 11 is 0. The first kappa shape index (κ1) is 17.1. The van der Waals surface area contributed by atoms with E-state index in [4.69, 9.17) is 14.2 Å². The Kier molecular flexibility index (Phi) is 6.85. The van der Waals surface area contributed by atoms with E-state index in [1.807, 2.05) is 45.9 Å². The number of esters is 1. The Balaban J connectivity index is 2.92. The highest BCUT2D eigenvalue weighted by atomic mass is 16.5. The number of carbonyl (C=O) groups is 1. The van der Waals surface area contributed by atoms with Crippen molar-refractivity contribution in [2.45, 2.75) is 33.7 Å². The van der Waals surface area contributed by atoms with Gasteiger partial charge in [0, 0.05) is 12.1 Å². The molecule has 0 radical (unpaired) electrons. The van der Waals surface area contributed by atoms with E-state index in [1.165, 1.54) is 7.11 Å². The van der Waals surface area contributed by atoms with Gasteiger partial charge in [-0.2, -0.15) is 0 Å². The summed E-state index contributed by atoms with van der Waals surface area (Å²) in [4.78, 5) is 11.6. The smallest absolute Gasteiger partial charge is 0.310 e. The third-order valence-corrected chi connectivity index (χ3v) is 3.27. The van der Waals surface area contributed by atoms with Crippen LogP contribution < -0.4 is 14.8 Å². The Bertz CT molecular complexity index is 462. The lowest BCUT2D eigenvalue weighted by atomic mass is 10.0. The van der Waals surface area contributed by atoms with E-state index in [0.29, 0.717) is 13.2 Å². The molecule has 5 nitrogen and oxygen atoms in total. The minimum absolute atomic E-state index is 0.0893. The summed E-state index contributed by atoms with van der Waals surface area (Å²) in [6, 6.07) is 5.53. The zero-order valence-electron chi connectivity index (χ0n) is 13.4. The SMILES string of the molecule is CCOc1ccc(OCC)c(NC(C)C(C)C(=O)OC)c1. The van der Waals surface area contributed by atoms with E-state index < -0.39 is 0 Å². The zero-order valence-corrected chi connectivity index (χ0v) is 13.4. The first-order valence-corrected chi connectivity index (χ1v) is 7.27. The van der Waals surface area contributed by atoms with E-state index in [1.54, 1.807) is 0 Å². The van der Waals surface area contributed by atoms with Crippen molar-refractivity contribution >= 4 is 11.7 Å². The summed E-state index contributed by atoms with van der Waals surface area (Å²) in [6.07, 6.45) is 0. The normalized spacial score (nSPS) is 13.2. The van der Waals surface area contributed by atoms with Crippen molar-refractivity contribution in [3.8, 4) is 11.5 Å². The van der Waals surface area contributed by atoms with Crippen molar-refractivity contribution in [1.82, 2.24) is 0 Å². The van der Waals surface area contributed by atoms with E-state index >= 15 is 0 Å². The molecule has 0 heterocycles. The van der Waals surface area contributed by atoms with Gasteiger partial charge < -0.3 is 19.5 Å². The summed E-state index contributed by atoms with van der Waals surface area (Å²) in [5.41, 5.74) is 0.811. The number of hydrogen-bond acceptors (Lipinski definition) is 5. The van der Waals surface area contributed by atoms with Gasteiger partial charge in [-0.05, 0) is 39.8 Å². The third-order valence-electron chi connectivity index (χ3n) is 3.27. The molecule has 5 heteroatoms. The molecule has 2 atom stereocenters. The molecule has 1 N–H and O–H groups in total. The molecule has 1 rings (SSSR count). The van der Waals surface area contributed by atoms with Crippen molar-refractivity contribution < 1.29 is 19.0 Å². The molecule has 0 saturated carbocycles. The van der Waals surface area contributed by atoms with Crippen LogP contribution in [-0.2, 0) is 9.53 Å². The van der Waals surface area contributed by atoms with Gasteiger partial charge in [0.25, 0.3) is 0 Å². The van der Waals surface area contributed by atoms with Crippen molar-refractivity contribution in [1.29, 1.82) is 0 Å². The Morgan fingerprint density at radius 2 is 1.86 bits per heavy atom. The van der Waals surface area contributed by atoms with Crippen LogP contribution in [0.15, 0.2) is 18.2 Å². The molecular formula is C16H25NO4. The maximum atomic E-state index is 11.6. The minimum atomic E-state index is -0.264. The number of carbonyl (C=O) groups excluding carboxylic acids is 1. The molecule has 0 fully saturated rings. The molecule has 0 aliphatic heterocycles. The quantitative estimate of drug-likeness (QED) is 0.747. The largest absolute Gasteiger partial charge is 0.494 e. The second-order valence-electron chi connectivity index (χ2n) is 4.77. The van der Waals surface area contributed by atoms with Gasteiger partial charge in [-0.25, -0.2) is 0 Å². The number of benzene rings is 1. The average molecular weight is 295 g/mol. The number of anilines is 1. The number of methoxy groups -OCH3 is 1. The maximum Gasteiger partial charge on any atom is 0.310 e. The standard InChI is InChI=1S/C16H25NO4/c1-6-20-13-8-9-15(21-7-2)14(10-13)17-12(4)11(3)16(18)19-5/h8-12,17H,6-7H2,1-5H3. The molecule has 21 heavy (non-hydrogen) atoms. The molecule has 0 spiro atoms. The van der Waals surface area contributed by atoms with E-state index in [2.05, 4.69) is 5.32 Å². The fourth-order valence-electron chi connectivity index (χ4n) is 1.92. The molecular weight excluding hydrogens is 270 g/mol. The van der Waals surface area contributed by atoms with Crippen molar-refractivity contribution in [2.75, 3.05) is 25.6 Å². The van der Waals surface area contributed by atoms with Crippen LogP contribution in [0.25, 0.3) is 0 Å². The average Bonchev–Trinajstić information content (AvgIpc) is 2.48. The number of nitrogens with one attached hydrogen (secondary N) is 1. The second kappa shape index (κ2) is 8.39. The van der Waals surface area contributed by atoms with Crippen LogP contribution in [0.2, 0.25) is 0 Å². The Labute approximate surface area is 126 Å². The van der Waals surface area contributed by atoms with Crippen molar-refractivity contribution in [3.63, 3.8) is 0 Å². The molecule has 1 aromatic rings. The molecule has 0 aromatic heterocycles. The van der Waals surface area contributed by atoms with Gasteiger partial charge in [0.15, 0.2) is 0 Å². The van der Waals surface area contributed by atoms with Crippen LogP contribution in [0.3, 0.4) is 0 Å². The number of hydrogen-bond donors (Lipinski definition) is 1. The van der Waals surface area contributed by atoms with Crippen LogP contribution >= 0.6 is 0 Å². The summed E-state index contributed by atoms with van der Waals surface area (Å²) in [5.74, 6) is 1.00. The van der Waals surface area contributed by atoms with Gasteiger partial charge >= 0.3 is 5.97 Å². The molecule has 0 aliphatic rings. The molecule has 0 amide bonds. The van der Waals surface area contributed by atoms with E-state index in [9.17, 15) is 4.79 Å². The molecule has 0 saturated heterocycles. The summed E-state index contributed by atoms with van der Waals surface area (Å²) < 4.78 is 15.9. The predicted molar refractivity (Wildman–Crippen MR) is 83.0 cm³/mol. The summed E-state index contributed by atoms with van der Waals surface area (Å²) in [6.45, 7) is 8.80. The van der Waals surface area contributed by atoms with Gasteiger partial charge in [0.1, 0.15) is 11.5 Å². The lowest BCUT2D eigenvalue weighted by Crippen LogP contribution is -2.30. The first-order chi connectivity index (χ1) is 10.0. The van der Waals surface area contributed by atoms with Crippen LogP contribution in [-0.4, -0.2) is 32.3 Å². The summed E-state index contributed by atoms with van der Waals surface area (Å²) in [7, 11) is 1.40. The van der Waals surface area contributed by atoms with Gasteiger partial charge in [0.2, 0.25) is 0 Å². The van der Waals surface area contributed by atoms with E-state index in [-0.39, 0.29) is 17.9 Å². The molecule has 118 valence electrons. The van der Waals surface area contributed by atoms with E-state index in [0.717, 1.165) is 17.2 Å². The fraction of sp³-hybridized carbons (Fsp3) is 0.562. The van der Waals surface area contributed by atoms with Gasteiger partial charge in [-0.15, -0.1) is 0 Å². The second-order valence-corrected chi connectivity index (χ2v) is 4.77. The van der Waals surface area contributed by atoms with Crippen LogP contribution in [0.1, 0.15) is 27.7 Å². The van der Waals surface area contributed by atoms with Gasteiger partial charge in [-0.1, -0.05) is 0 Å². The fourth-order valence-corrected chi connectivity index (χ4v) is 1.92. The predicted octanol–water partition coefficient (Wildman–Crippen LogP) is 3.09. The monoisotopic (exact) mass is 295 g/mol. The molecule has 0 bridgehead atoms. The highest BCUT2D eigenvalue weighted by Gasteiger charge is 2.21.